The highest BCUT2D eigenvalue weighted by molar-refractivity contribution is 7.90. The summed E-state index contributed by atoms with van der Waals surface area (Å²) in [6.45, 7) is 0.234. The molecule has 0 spiro atoms. The Morgan fingerprint density at radius 2 is 1.91 bits per heavy atom. The van der Waals surface area contributed by atoms with Gasteiger partial charge < -0.3 is 0 Å². The zero-order valence-electron chi connectivity index (χ0n) is 13.3. The van der Waals surface area contributed by atoms with E-state index in [1.165, 1.54) is 0 Å². The molecule has 1 saturated carbocycles. The van der Waals surface area contributed by atoms with Gasteiger partial charge in [-0.2, -0.15) is 5.10 Å². The Balaban J connectivity index is 1.69. The summed E-state index contributed by atoms with van der Waals surface area (Å²) >= 11 is 0. The lowest BCUT2D eigenvalue weighted by molar-refractivity contribution is 0.477. The quantitative estimate of drug-likeness (QED) is 0.910. The fourth-order valence-corrected chi connectivity index (χ4v) is 4.61. The van der Waals surface area contributed by atoms with Crippen molar-refractivity contribution in [2.75, 3.05) is 0 Å². The van der Waals surface area contributed by atoms with Gasteiger partial charge in [0.15, 0.2) is 0 Å². The molecule has 1 N–H and O–H groups in total. The van der Waals surface area contributed by atoms with Crippen LogP contribution in [0.15, 0.2) is 30.6 Å². The van der Waals surface area contributed by atoms with E-state index in [-0.39, 0.29) is 11.8 Å². The van der Waals surface area contributed by atoms with Crippen molar-refractivity contribution >= 4 is 10.0 Å². The zero-order valence-corrected chi connectivity index (χ0v) is 14.1. The van der Waals surface area contributed by atoms with E-state index in [0.717, 1.165) is 49.1 Å². The van der Waals surface area contributed by atoms with Crippen molar-refractivity contribution in [2.45, 2.75) is 43.9 Å². The molecular weight excluding hydrogens is 312 g/mol. The number of pyridine rings is 1. The molecule has 0 atom stereocenters. The molecule has 6 nitrogen and oxygen atoms in total. The molecule has 0 saturated heterocycles. The number of sulfonamides is 1. The average molecular weight is 334 g/mol. The highest BCUT2D eigenvalue weighted by Crippen LogP contribution is 2.23. The van der Waals surface area contributed by atoms with E-state index in [9.17, 15) is 8.42 Å². The highest BCUT2D eigenvalue weighted by Gasteiger charge is 2.27. The average Bonchev–Trinajstić information content (AvgIpc) is 2.96. The molecule has 2 heterocycles. The van der Waals surface area contributed by atoms with Gasteiger partial charge in [0.2, 0.25) is 10.0 Å². The molecule has 0 radical (unpaired) electrons. The van der Waals surface area contributed by atoms with Crippen LogP contribution in [0.25, 0.3) is 11.3 Å². The van der Waals surface area contributed by atoms with Crippen LogP contribution in [0.4, 0.5) is 0 Å². The second kappa shape index (κ2) is 6.80. The Labute approximate surface area is 137 Å². The predicted octanol–water partition coefficient (Wildman–Crippen LogP) is 2.23. The maximum Gasteiger partial charge on any atom is 0.214 e. The maximum atomic E-state index is 12.4. The summed E-state index contributed by atoms with van der Waals surface area (Å²) in [6, 6.07) is 5.73. The highest BCUT2D eigenvalue weighted by atomic mass is 32.2. The molecule has 1 aliphatic rings. The molecule has 0 amide bonds. The molecular formula is C16H22N4O2S. The van der Waals surface area contributed by atoms with Crippen LogP contribution in [0.5, 0.6) is 0 Å². The topological polar surface area (TPSA) is 76.9 Å². The van der Waals surface area contributed by atoms with Gasteiger partial charge in [0, 0.05) is 25.0 Å². The third-order valence-electron chi connectivity index (χ3n) is 4.35. The molecule has 3 rings (SSSR count). The Morgan fingerprint density at radius 3 is 2.61 bits per heavy atom. The van der Waals surface area contributed by atoms with Crippen LogP contribution in [-0.4, -0.2) is 28.4 Å². The van der Waals surface area contributed by atoms with Gasteiger partial charge in [0.05, 0.1) is 23.2 Å². The summed E-state index contributed by atoms with van der Waals surface area (Å²) in [4.78, 5) is 4.01. The fraction of sp³-hybridized carbons (Fsp3) is 0.500. The van der Waals surface area contributed by atoms with Crippen LogP contribution in [0.3, 0.4) is 0 Å². The first-order chi connectivity index (χ1) is 11.1. The molecule has 124 valence electrons. The molecule has 0 aromatic carbocycles. The second-order valence-electron chi connectivity index (χ2n) is 6.01. The van der Waals surface area contributed by atoms with Crippen molar-refractivity contribution in [2.24, 2.45) is 7.05 Å². The van der Waals surface area contributed by atoms with E-state index in [0.29, 0.717) is 0 Å². The summed E-state index contributed by atoms with van der Waals surface area (Å²) in [5.74, 6) is 0. The van der Waals surface area contributed by atoms with Gasteiger partial charge in [-0.15, -0.1) is 0 Å². The van der Waals surface area contributed by atoms with Crippen molar-refractivity contribution in [3.05, 3.63) is 36.3 Å². The first kappa shape index (κ1) is 16.1. The normalized spacial score (nSPS) is 16.6. The zero-order chi connectivity index (χ0) is 16.3. The number of nitrogens with zero attached hydrogens (tertiary/aromatic N) is 3. The largest absolute Gasteiger partial charge is 0.268 e. The third-order valence-corrected chi connectivity index (χ3v) is 6.25. The monoisotopic (exact) mass is 334 g/mol. The van der Waals surface area contributed by atoms with E-state index >= 15 is 0 Å². The van der Waals surface area contributed by atoms with Gasteiger partial charge in [-0.05, 0) is 31.0 Å². The SMILES string of the molecule is Cn1nc(CNS(=O)(=O)C2CCCCC2)cc1-c1ccncc1. The molecule has 7 heteroatoms. The van der Waals surface area contributed by atoms with E-state index in [2.05, 4.69) is 14.8 Å². The molecule has 23 heavy (non-hydrogen) atoms. The van der Waals surface area contributed by atoms with Crippen LogP contribution in [0.1, 0.15) is 37.8 Å². The lowest BCUT2D eigenvalue weighted by Crippen LogP contribution is -2.35. The second-order valence-corrected chi connectivity index (χ2v) is 8.05. The van der Waals surface area contributed by atoms with Crippen molar-refractivity contribution in [3.63, 3.8) is 0 Å². The molecule has 0 bridgehead atoms. The third kappa shape index (κ3) is 3.79. The lowest BCUT2D eigenvalue weighted by atomic mass is 10.0. The summed E-state index contributed by atoms with van der Waals surface area (Å²) in [5.41, 5.74) is 2.68. The summed E-state index contributed by atoms with van der Waals surface area (Å²) in [7, 11) is -1.40. The van der Waals surface area contributed by atoms with Crippen LogP contribution in [-0.2, 0) is 23.6 Å². The van der Waals surface area contributed by atoms with E-state index in [4.69, 9.17) is 0 Å². The minimum absolute atomic E-state index is 0.234. The molecule has 1 fully saturated rings. The lowest BCUT2D eigenvalue weighted by Gasteiger charge is -2.21. The maximum absolute atomic E-state index is 12.4. The van der Waals surface area contributed by atoms with Gasteiger partial charge in [-0.1, -0.05) is 19.3 Å². The van der Waals surface area contributed by atoms with Gasteiger partial charge in [0.1, 0.15) is 0 Å². The smallest absolute Gasteiger partial charge is 0.214 e. The van der Waals surface area contributed by atoms with Crippen molar-refractivity contribution in [1.29, 1.82) is 0 Å². The number of rotatable bonds is 5. The van der Waals surface area contributed by atoms with Gasteiger partial charge in [-0.25, -0.2) is 13.1 Å². The van der Waals surface area contributed by atoms with Gasteiger partial charge in [0.25, 0.3) is 0 Å². The Hall–Kier alpha value is -1.73. The van der Waals surface area contributed by atoms with E-state index < -0.39 is 10.0 Å². The number of nitrogens with one attached hydrogen (secondary N) is 1. The molecule has 0 unspecified atom stereocenters. The Bertz CT molecular complexity index is 750. The van der Waals surface area contributed by atoms with Crippen LogP contribution in [0.2, 0.25) is 0 Å². The standard InChI is InChI=1S/C16H22N4O2S/c1-20-16(13-7-9-17-10-8-13)11-14(19-20)12-18-23(21,22)15-5-3-2-4-6-15/h7-11,15,18H,2-6,12H2,1H3. The van der Waals surface area contributed by atoms with Crippen LogP contribution >= 0.6 is 0 Å². The minimum atomic E-state index is -3.26. The van der Waals surface area contributed by atoms with E-state index in [1.807, 2.05) is 25.2 Å². The van der Waals surface area contributed by atoms with Gasteiger partial charge >= 0.3 is 0 Å². The fourth-order valence-electron chi connectivity index (χ4n) is 3.07. The molecule has 0 aliphatic heterocycles. The number of aromatic nitrogens is 3. The molecule has 2 aromatic rings. The predicted molar refractivity (Wildman–Crippen MR) is 89.1 cm³/mol. The van der Waals surface area contributed by atoms with Crippen LogP contribution < -0.4 is 4.72 Å². The summed E-state index contributed by atoms with van der Waals surface area (Å²) < 4.78 is 29.2. The molecule has 2 aromatic heterocycles. The first-order valence-corrected chi connectivity index (χ1v) is 9.53. The first-order valence-electron chi connectivity index (χ1n) is 7.98. The van der Waals surface area contributed by atoms with Crippen LogP contribution in [0, 0.1) is 0 Å². The molecule has 1 aliphatic carbocycles. The van der Waals surface area contributed by atoms with Crippen molar-refractivity contribution in [1.82, 2.24) is 19.5 Å². The summed E-state index contributed by atoms with van der Waals surface area (Å²) in [6.07, 6.45) is 8.13. The number of hydrogen-bond acceptors (Lipinski definition) is 4. The Kier molecular flexibility index (Phi) is 4.77. The number of hydrogen-bond donors (Lipinski definition) is 1. The Morgan fingerprint density at radius 1 is 1.22 bits per heavy atom. The van der Waals surface area contributed by atoms with E-state index in [1.54, 1.807) is 17.1 Å². The van der Waals surface area contributed by atoms with Crippen molar-refractivity contribution in [3.8, 4) is 11.3 Å². The number of aryl methyl sites for hydroxylation is 1. The van der Waals surface area contributed by atoms with Gasteiger partial charge in [-0.3, -0.25) is 9.67 Å². The van der Waals surface area contributed by atoms with Crippen molar-refractivity contribution < 1.29 is 8.42 Å². The summed E-state index contributed by atoms with van der Waals surface area (Å²) in [5, 5.41) is 4.15. The minimum Gasteiger partial charge on any atom is -0.268 e.